The third-order valence-corrected chi connectivity index (χ3v) is 4.76. The van der Waals surface area contributed by atoms with Crippen LogP contribution in [0.15, 0.2) is 18.2 Å². The molecule has 20 heavy (non-hydrogen) atoms. The van der Waals surface area contributed by atoms with Crippen LogP contribution in [0, 0.1) is 17.2 Å². The van der Waals surface area contributed by atoms with Crippen molar-refractivity contribution in [3.8, 4) is 6.07 Å². The number of hydrogen-bond acceptors (Lipinski definition) is 3. The molecule has 3 nitrogen and oxygen atoms in total. The number of rotatable bonds is 2. The summed E-state index contributed by atoms with van der Waals surface area (Å²) in [6.45, 7) is 2.85. The van der Waals surface area contributed by atoms with E-state index in [-0.39, 0.29) is 0 Å². The van der Waals surface area contributed by atoms with E-state index in [4.69, 9.17) is 16.3 Å². The predicted octanol–water partition coefficient (Wildman–Crippen LogP) is 3.61. The van der Waals surface area contributed by atoms with E-state index in [1.54, 1.807) is 0 Å². The lowest BCUT2D eigenvalue weighted by atomic mass is 9.89. The number of ether oxygens (including phenoxy) is 1. The monoisotopic (exact) mass is 290 g/mol. The Bertz CT molecular complexity index is 512. The number of halogens is 1. The van der Waals surface area contributed by atoms with E-state index in [2.05, 4.69) is 11.0 Å². The van der Waals surface area contributed by atoms with Gasteiger partial charge < -0.3 is 9.64 Å². The van der Waals surface area contributed by atoms with Crippen LogP contribution in [0.5, 0.6) is 0 Å². The molecule has 4 heteroatoms. The van der Waals surface area contributed by atoms with Gasteiger partial charge in [-0.05, 0) is 43.7 Å². The molecule has 0 spiro atoms. The second-order valence-corrected chi connectivity index (χ2v) is 6.03. The van der Waals surface area contributed by atoms with Gasteiger partial charge in [0.2, 0.25) is 0 Å². The van der Waals surface area contributed by atoms with Crippen LogP contribution in [-0.2, 0) is 4.74 Å². The fourth-order valence-electron chi connectivity index (χ4n) is 3.40. The van der Waals surface area contributed by atoms with Gasteiger partial charge in [-0.2, -0.15) is 5.26 Å². The summed E-state index contributed by atoms with van der Waals surface area (Å²) in [7, 11) is 0. The Hall–Kier alpha value is -1.24. The third-order valence-electron chi connectivity index (χ3n) is 4.45. The first-order valence-electron chi connectivity index (χ1n) is 7.35. The lowest BCUT2D eigenvalue weighted by Crippen LogP contribution is -2.38. The van der Waals surface area contributed by atoms with Crippen LogP contribution in [0.25, 0.3) is 0 Å². The molecule has 2 fully saturated rings. The standard InChI is InChI=1S/C16H19ClN2O/c17-14-4-1-3-13(11-18)16(14)19-8-6-12(7-9-19)15-5-2-10-20-15/h1,3-4,12,15H,2,5-10H2. The highest BCUT2D eigenvalue weighted by Crippen LogP contribution is 2.35. The molecule has 0 amide bonds. The lowest BCUT2D eigenvalue weighted by molar-refractivity contribution is 0.0531. The van der Waals surface area contributed by atoms with Crippen LogP contribution in [0.1, 0.15) is 31.2 Å². The number of nitriles is 1. The van der Waals surface area contributed by atoms with E-state index in [1.165, 1.54) is 12.8 Å². The minimum absolute atomic E-state index is 0.457. The molecular weight excluding hydrogens is 272 g/mol. The van der Waals surface area contributed by atoms with Crippen molar-refractivity contribution in [2.75, 3.05) is 24.6 Å². The Labute approximate surface area is 125 Å². The summed E-state index contributed by atoms with van der Waals surface area (Å²) in [5.74, 6) is 0.668. The van der Waals surface area contributed by atoms with Crippen molar-refractivity contribution < 1.29 is 4.74 Å². The van der Waals surface area contributed by atoms with Gasteiger partial charge in [-0.25, -0.2) is 0 Å². The highest BCUT2D eigenvalue weighted by molar-refractivity contribution is 6.33. The van der Waals surface area contributed by atoms with Gasteiger partial charge in [0.05, 0.1) is 22.4 Å². The van der Waals surface area contributed by atoms with Crippen molar-refractivity contribution in [2.24, 2.45) is 5.92 Å². The SMILES string of the molecule is N#Cc1cccc(Cl)c1N1CCC(C2CCCO2)CC1. The zero-order valence-electron chi connectivity index (χ0n) is 11.5. The van der Waals surface area contributed by atoms with Crippen LogP contribution in [0.3, 0.4) is 0 Å². The zero-order chi connectivity index (χ0) is 13.9. The van der Waals surface area contributed by atoms with Crippen LogP contribution in [0.2, 0.25) is 5.02 Å². The van der Waals surface area contributed by atoms with E-state index >= 15 is 0 Å². The molecule has 1 aromatic carbocycles. The van der Waals surface area contributed by atoms with Crippen LogP contribution in [-0.4, -0.2) is 25.8 Å². The van der Waals surface area contributed by atoms with E-state index in [1.807, 2.05) is 18.2 Å². The molecule has 3 rings (SSSR count). The third kappa shape index (κ3) is 2.63. The number of hydrogen-bond donors (Lipinski definition) is 0. The van der Waals surface area contributed by atoms with Crippen LogP contribution >= 0.6 is 11.6 Å². The molecule has 0 saturated carbocycles. The molecule has 0 bridgehead atoms. The molecule has 0 N–H and O–H groups in total. The Balaban J connectivity index is 1.70. The highest BCUT2D eigenvalue weighted by Gasteiger charge is 2.30. The molecule has 0 aliphatic carbocycles. The van der Waals surface area contributed by atoms with Gasteiger partial charge in [0.15, 0.2) is 0 Å². The fraction of sp³-hybridized carbons (Fsp3) is 0.562. The van der Waals surface area contributed by atoms with E-state index < -0.39 is 0 Å². The zero-order valence-corrected chi connectivity index (χ0v) is 12.3. The van der Waals surface area contributed by atoms with Gasteiger partial charge >= 0.3 is 0 Å². The number of para-hydroxylation sites is 1. The largest absolute Gasteiger partial charge is 0.378 e. The molecule has 0 aromatic heterocycles. The minimum Gasteiger partial charge on any atom is -0.378 e. The molecule has 0 radical (unpaired) electrons. The van der Waals surface area contributed by atoms with Gasteiger partial charge in [-0.3, -0.25) is 0 Å². The second kappa shape index (κ2) is 6.03. The summed E-state index contributed by atoms with van der Waals surface area (Å²) in [5, 5.41) is 9.92. The number of benzene rings is 1. The predicted molar refractivity (Wildman–Crippen MR) is 80.1 cm³/mol. The lowest BCUT2D eigenvalue weighted by Gasteiger charge is -2.36. The quantitative estimate of drug-likeness (QED) is 0.835. The van der Waals surface area contributed by atoms with Crippen molar-refractivity contribution >= 4 is 17.3 Å². The Morgan fingerprint density at radius 2 is 2.05 bits per heavy atom. The summed E-state index contributed by atoms with van der Waals surface area (Å²) in [6, 6.07) is 7.79. The average molecular weight is 291 g/mol. The average Bonchev–Trinajstić information content (AvgIpc) is 3.01. The maximum Gasteiger partial charge on any atom is 0.101 e. The molecule has 2 aliphatic rings. The van der Waals surface area contributed by atoms with Crippen LogP contribution < -0.4 is 4.90 Å². The Morgan fingerprint density at radius 3 is 2.70 bits per heavy atom. The maximum atomic E-state index is 9.24. The number of piperidine rings is 1. The van der Waals surface area contributed by atoms with E-state index in [0.29, 0.717) is 22.6 Å². The molecule has 1 unspecified atom stereocenters. The summed E-state index contributed by atoms with van der Waals surface area (Å²) < 4.78 is 5.81. The first kappa shape index (κ1) is 13.7. The van der Waals surface area contributed by atoms with Crippen LogP contribution in [0.4, 0.5) is 5.69 Å². The van der Waals surface area contributed by atoms with Gasteiger partial charge in [0.25, 0.3) is 0 Å². The first-order chi connectivity index (χ1) is 9.79. The normalized spacial score (nSPS) is 23.8. The minimum atomic E-state index is 0.457. The summed E-state index contributed by atoms with van der Waals surface area (Å²) in [4.78, 5) is 2.26. The molecule has 2 saturated heterocycles. The maximum absolute atomic E-state index is 9.24. The van der Waals surface area contributed by atoms with Crippen molar-refractivity contribution in [1.29, 1.82) is 5.26 Å². The number of nitrogens with zero attached hydrogens (tertiary/aromatic N) is 2. The molecule has 1 aromatic rings. The van der Waals surface area contributed by atoms with Crippen molar-refractivity contribution in [3.05, 3.63) is 28.8 Å². The topological polar surface area (TPSA) is 36.3 Å². The molecular formula is C16H19ClN2O. The number of anilines is 1. The summed E-state index contributed by atoms with van der Waals surface area (Å²) in [5.41, 5.74) is 1.58. The molecule has 106 valence electrons. The van der Waals surface area contributed by atoms with E-state index in [9.17, 15) is 5.26 Å². The smallest absolute Gasteiger partial charge is 0.101 e. The Kier molecular flexibility index (Phi) is 4.14. The fourth-order valence-corrected chi connectivity index (χ4v) is 3.69. The van der Waals surface area contributed by atoms with Gasteiger partial charge in [-0.15, -0.1) is 0 Å². The van der Waals surface area contributed by atoms with Gasteiger partial charge in [0, 0.05) is 19.7 Å². The Morgan fingerprint density at radius 1 is 1.25 bits per heavy atom. The molecule has 1 atom stereocenters. The van der Waals surface area contributed by atoms with E-state index in [0.717, 1.165) is 38.2 Å². The molecule has 2 aliphatic heterocycles. The van der Waals surface area contributed by atoms with Crippen molar-refractivity contribution in [3.63, 3.8) is 0 Å². The highest BCUT2D eigenvalue weighted by atomic mass is 35.5. The summed E-state index contributed by atoms with van der Waals surface area (Å²) >= 11 is 6.29. The van der Waals surface area contributed by atoms with Gasteiger partial charge in [-0.1, -0.05) is 17.7 Å². The summed E-state index contributed by atoms with van der Waals surface area (Å²) in [6.07, 6.45) is 5.12. The second-order valence-electron chi connectivity index (χ2n) is 5.62. The van der Waals surface area contributed by atoms with Gasteiger partial charge in [0.1, 0.15) is 6.07 Å². The van der Waals surface area contributed by atoms with Crippen molar-refractivity contribution in [2.45, 2.75) is 31.8 Å². The van der Waals surface area contributed by atoms with Crippen molar-refractivity contribution in [1.82, 2.24) is 0 Å². The molecule has 2 heterocycles. The first-order valence-corrected chi connectivity index (χ1v) is 7.72.